The van der Waals surface area contributed by atoms with E-state index in [0.29, 0.717) is 12.4 Å². The van der Waals surface area contributed by atoms with E-state index in [2.05, 4.69) is 4.98 Å². The molecule has 1 saturated heterocycles. The SMILES string of the molecule is CC1CCCN1c1cc(CO)cc(C(F)(F)F)n1. The number of aliphatic hydroxyl groups excluding tert-OH is 1. The smallest absolute Gasteiger partial charge is 0.392 e. The van der Waals surface area contributed by atoms with E-state index in [1.807, 2.05) is 11.8 Å². The molecule has 1 aromatic heterocycles. The van der Waals surface area contributed by atoms with Gasteiger partial charge in [0.05, 0.1) is 6.61 Å². The fraction of sp³-hybridized carbons (Fsp3) is 0.583. The highest BCUT2D eigenvalue weighted by atomic mass is 19.4. The van der Waals surface area contributed by atoms with Crippen molar-refractivity contribution in [2.24, 2.45) is 0 Å². The van der Waals surface area contributed by atoms with Crippen LogP contribution >= 0.6 is 0 Å². The number of aromatic nitrogens is 1. The van der Waals surface area contributed by atoms with Crippen LogP contribution < -0.4 is 4.90 Å². The van der Waals surface area contributed by atoms with Gasteiger partial charge in [-0.1, -0.05) is 0 Å². The zero-order chi connectivity index (χ0) is 13.3. The molecule has 1 aliphatic heterocycles. The maximum absolute atomic E-state index is 12.7. The molecule has 0 aliphatic carbocycles. The van der Waals surface area contributed by atoms with Crippen molar-refractivity contribution < 1.29 is 18.3 Å². The Morgan fingerprint density at radius 1 is 1.44 bits per heavy atom. The zero-order valence-corrected chi connectivity index (χ0v) is 10.0. The summed E-state index contributed by atoms with van der Waals surface area (Å²) in [5.41, 5.74) is -0.699. The largest absolute Gasteiger partial charge is 0.433 e. The molecule has 0 saturated carbocycles. The Hall–Kier alpha value is -1.30. The summed E-state index contributed by atoms with van der Waals surface area (Å²) < 4.78 is 38.1. The van der Waals surface area contributed by atoms with Gasteiger partial charge in [-0.05, 0) is 37.5 Å². The Balaban J connectivity index is 2.41. The van der Waals surface area contributed by atoms with Crippen molar-refractivity contribution in [2.45, 2.75) is 38.6 Å². The van der Waals surface area contributed by atoms with Crippen LogP contribution in [0.25, 0.3) is 0 Å². The molecule has 1 unspecified atom stereocenters. The number of nitrogens with zero attached hydrogens (tertiary/aromatic N) is 2. The standard InChI is InChI=1S/C12H15F3N2O/c1-8-3-2-4-17(8)11-6-9(7-18)5-10(16-11)12(13,14)15/h5-6,8,18H,2-4,7H2,1H3. The number of alkyl halides is 3. The molecule has 3 nitrogen and oxygen atoms in total. The lowest BCUT2D eigenvalue weighted by molar-refractivity contribution is -0.141. The first-order valence-corrected chi connectivity index (χ1v) is 5.87. The summed E-state index contributed by atoms with van der Waals surface area (Å²) in [6.45, 7) is 2.26. The molecular formula is C12H15F3N2O. The molecule has 1 atom stereocenters. The molecule has 1 N–H and O–H groups in total. The monoisotopic (exact) mass is 260 g/mol. The Bertz CT molecular complexity index is 434. The molecule has 1 aliphatic rings. The van der Waals surface area contributed by atoms with Gasteiger partial charge in [-0.25, -0.2) is 4.98 Å². The van der Waals surface area contributed by atoms with Gasteiger partial charge in [-0.15, -0.1) is 0 Å². The second kappa shape index (κ2) is 4.76. The maximum Gasteiger partial charge on any atom is 0.433 e. The van der Waals surface area contributed by atoms with Gasteiger partial charge in [0.1, 0.15) is 11.5 Å². The molecule has 18 heavy (non-hydrogen) atoms. The lowest BCUT2D eigenvalue weighted by Crippen LogP contribution is -2.28. The van der Waals surface area contributed by atoms with Gasteiger partial charge in [-0.2, -0.15) is 13.2 Å². The van der Waals surface area contributed by atoms with Crippen molar-refractivity contribution in [3.8, 4) is 0 Å². The highest BCUT2D eigenvalue weighted by molar-refractivity contribution is 5.45. The van der Waals surface area contributed by atoms with Gasteiger partial charge in [0, 0.05) is 12.6 Å². The van der Waals surface area contributed by atoms with E-state index in [4.69, 9.17) is 5.11 Å². The summed E-state index contributed by atoms with van der Waals surface area (Å²) in [6, 6.07) is 2.61. The minimum Gasteiger partial charge on any atom is -0.392 e. The van der Waals surface area contributed by atoms with Crippen LogP contribution in [0.2, 0.25) is 0 Å². The fourth-order valence-corrected chi connectivity index (χ4v) is 2.23. The molecule has 0 bridgehead atoms. The number of anilines is 1. The molecule has 2 rings (SSSR count). The summed E-state index contributed by atoms with van der Waals surface area (Å²) in [7, 11) is 0. The van der Waals surface area contributed by atoms with Gasteiger partial charge in [0.25, 0.3) is 0 Å². The van der Waals surface area contributed by atoms with Crippen molar-refractivity contribution in [1.82, 2.24) is 4.98 Å². The predicted octanol–water partition coefficient (Wildman–Crippen LogP) is 2.58. The van der Waals surface area contributed by atoms with Crippen LogP contribution in [0.3, 0.4) is 0 Å². The van der Waals surface area contributed by atoms with Gasteiger partial charge >= 0.3 is 6.18 Å². The highest BCUT2D eigenvalue weighted by Crippen LogP contribution is 2.32. The average molecular weight is 260 g/mol. The molecule has 0 radical (unpaired) electrons. The lowest BCUT2D eigenvalue weighted by atomic mass is 10.2. The molecular weight excluding hydrogens is 245 g/mol. The third-order valence-corrected chi connectivity index (χ3v) is 3.19. The van der Waals surface area contributed by atoms with E-state index in [-0.39, 0.29) is 11.6 Å². The molecule has 100 valence electrons. The number of hydrogen-bond donors (Lipinski definition) is 1. The van der Waals surface area contributed by atoms with Crippen molar-refractivity contribution in [3.05, 3.63) is 23.4 Å². The van der Waals surface area contributed by atoms with E-state index in [1.54, 1.807) is 0 Å². The van der Waals surface area contributed by atoms with Crippen LogP contribution in [0.4, 0.5) is 19.0 Å². The third-order valence-electron chi connectivity index (χ3n) is 3.19. The topological polar surface area (TPSA) is 36.4 Å². The van der Waals surface area contributed by atoms with Crippen LogP contribution in [0.1, 0.15) is 31.0 Å². The molecule has 0 amide bonds. The highest BCUT2D eigenvalue weighted by Gasteiger charge is 2.34. The minimum absolute atomic E-state index is 0.188. The van der Waals surface area contributed by atoms with Crippen LogP contribution in [-0.4, -0.2) is 22.7 Å². The number of rotatable bonds is 2. The number of aliphatic hydroxyl groups is 1. The summed E-state index contributed by atoms with van der Waals surface area (Å²) in [4.78, 5) is 5.53. The van der Waals surface area contributed by atoms with Crippen LogP contribution in [0.15, 0.2) is 12.1 Å². The maximum atomic E-state index is 12.7. The van der Waals surface area contributed by atoms with Crippen molar-refractivity contribution >= 4 is 5.82 Å². The Morgan fingerprint density at radius 3 is 2.67 bits per heavy atom. The Morgan fingerprint density at radius 2 is 2.17 bits per heavy atom. The molecule has 1 aromatic rings. The van der Waals surface area contributed by atoms with Gasteiger partial charge in [0.15, 0.2) is 0 Å². The van der Waals surface area contributed by atoms with Crippen molar-refractivity contribution in [3.63, 3.8) is 0 Å². The quantitative estimate of drug-likeness (QED) is 0.887. The molecule has 6 heteroatoms. The normalized spacial score (nSPS) is 20.5. The van der Waals surface area contributed by atoms with E-state index >= 15 is 0 Å². The molecule has 0 spiro atoms. The second-order valence-corrected chi connectivity index (χ2v) is 4.56. The first-order chi connectivity index (χ1) is 8.41. The van der Waals surface area contributed by atoms with E-state index in [0.717, 1.165) is 18.9 Å². The van der Waals surface area contributed by atoms with Crippen molar-refractivity contribution in [2.75, 3.05) is 11.4 Å². The van der Waals surface area contributed by atoms with Crippen molar-refractivity contribution in [1.29, 1.82) is 0 Å². The van der Waals surface area contributed by atoms with Crippen LogP contribution in [0, 0.1) is 0 Å². The summed E-state index contributed by atoms with van der Waals surface area (Å²) >= 11 is 0. The number of pyridine rings is 1. The fourth-order valence-electron chi connectivity index (χ4n) is 2.23. The first-order valence-electron chi connectivity index (χ1n) is 5.87. The Kier molecular flexibility index (Phi) is 3.47. The second-order valence-electron chi connectivity index (χ2n) is 4.56. The van der Waals surface area contributed by atoms with Crippen LogP contribution in [-0.2, 0) is 12.8 Å². The van der Waals surface area contributed by atoms with E-state index in [1.165, 1.54) is 6.07 Å². The van der Waals surface area contributed by atoms with Gasteiger partial charge in [0.2, 0.25) is 0 Å². The summed E-state index contributed by atoms with van der Waals surface area (Å²) in [6.07, 6.45) is -2.58. The predicted molar refractivity (Wildman–Crippen MR) is 61.2 cm³/mol. The molecule has 2 heterocycles. The van der Waals surface area contributed by atoms with Gasteiger partial charge < -0.3 is 10.0 Å². The Labute approximate surface area is 103 Å². The van der Waals surface area contributed by atoms with Crippen LogP contribution in [0.5, 0.6) is 0 Å². The zero-order valence-electron chi connectivity index (χ0n) is 10.0. The summed E-state index contributed by atoms with van der Waals surface area (Å²) in [5.74, 6) is 0.305. The van der Waals surface area contributed by atoms with E-state index in [9.17, 15) is 13.2 Å². The number of halogens is 3. The number of hydrogen-bond acceptors (Lipinski definition) is 3. The van der Waals surface area contributed by atoms with E-state index < -0.39 is 18.5 Å². The minimum atomic E-state index is -4.48. The molecule has 1 fully saturated rings. The molecule has 0 aromatic carbocycles. The first kappa shape index (κ1) is 13.1. The van der Waals surface area contributed by atoms with Gasteiger partial charge in [-0.3, -0.25) is 0 Å². The third kappa shape index (κ3) is 2.58. The lowest BCUT2D eigenvalue weighted by Gasteiger charge is -2.24. The summed E-state index contributed by atoms with van der Waals surface area (Å²) in [5, 5.41) is 9.05. The average Bonchev–Trinajstić information content (AvgIpc) is 2.73.